The molecule has 0 radical (unpaired) electrons. The van der Waals surface area contributed by atoms with Gasteiger partial charge in [0.15, 0.2) is 0 Å². The summed E-state index contributed by atoms with van der Waals surface area (Å²) in [6.45, 7) is 3.76. The second kappa shape index (κ2) is 7.22. The zero-order valence-electron chi connectivity index (χ0n) is 6.22. The Morgan fingerprint density at radius 3 is 1.78 bits per heavy atom. The van der Waals surface area contributed by atoms with E-state index in [1.54, 1.807) is 0 Å². The van der Waals surface area contributed by atoms with Crippen LogP contribution in [0, 0.1) is 0 Å². The Hall–Kier alpha value is 1.11. The van der Waals surface area contributed by atoms with E-state index < -0.39 is 11.1 Å². The van der Waals surface area contributed by atoms with Crippen LogP contribution in [-0.4, -0.2) is 14.0 Å². The van der Waals surface area contributed by atoms with Crippen LogP contribution in [0.4, 0.5) is 0 Å². The molecule has 0 aliphatic rings. The molecule has 50 valence electrons. The molecule has 0 fully saturated rings. The Morgan fingerprint density at radius 2 is 1.78 bits per heavy atom. The molecule has 0 saturated carbocycles. The average molecular weight is 158 g/mol. The van der Waals surface area contributed by atoms with Gasteiger partial charge in [0.2, 0.25) is 0 Å². The van der Waals surface area contributed by atoms with Gasteiger partial charge in [0.1, 0.15) is 0 Å². The van der Waals surface area contributed by atoms with Crippen molar-refractivity contribution >= 4 is 11.1 Å². The molecule has 2 nitrogen and oxygen atoms in total. The molecule has 0 rings (SSSR count). The molecule has 0 bridgehead atoms. The van der Waals surface area contributed by atoms with Crippen LogP contribution in [0.15, 0.2) is 0 Å². The monoisotopic (exact) mass is 158 g/mol. The Labute approximate surface area is 81.0 Å². The maximum absolute atomic E-state index is 10.2. The van der Waals surface area contributed by atoms with Gasteiger partial charge in [-0.3, -0.25) is 4.21 Å². The first-order chi connectivity index (χ1) is 3.72. The maximum Gasteiger partial charge on any atom is 1.00 e. The van der Waals surface area contributed by atoms with E-state index in [1.807, 2.05) is 13.8 Å². The van der Waals surface area contributed by atoms with E-state index in [-0.39, 0.29) is 34.8 Å². The average Bonchev–Trinajstić information content (AvgIpc) is 1.69. The molecular formula is C5H11NaO2S. The SMILES string of the molecule is CCC(CC)S(=O)[O-].[Na+]. The summed E-state index contributed by atoms with van der Waals surface area (Å²) >= 11 is -1.85. The van der Waals surface area contributed by atoms with Gasteiger partial charge in [-0.2, -0.15) is 0 Å². The summed E-state index contributed by atoms with van der Waals surface area (Å²) in [5.41, 5.74) is 0. The van der Waals surface area contributed by atoms with E-state index in [1.165, 1.54) is 0 Å². The molecule has 0 heterocycles. The van der Waals surface area contributed by atoms with Crippen LogP contribution in [0.1, 0.15) is 26.7 Å². The summed E-state index contributed by atoms with van der Waals surface area (Å²) in [5, 5.41) is -0.130. The first kappa shape index (κ1) is 12.8. The molecule has 9 heavy (non-hydrogen) atoms. The summed E-state index contributed by atoms with van der Waals surface area (Å²) in [5.74, 6) is 0. The van der Waals surface area contributed by atoms with Crippen molar-refractivity contribution in [2.45, 2.75) is 31.9 Å². The van der Waals surface area contributed by atoms with E-state index >= 15 is 0 Å². The molecule has 0 aromatic heterocycles. The quantitative estimate of drug-likeness (QED) is 0.354. The van der Waals surface area contributed by atoms with Crippen LogP contribution in [0.3, 0.4) is 0 Å². The number of rotatable bonds is 3. The van der Waals surface area contributed by atoms with Crippen LogP contribution in [0.2, 0.25) is 0 Å². The summed E-state index contributed by atoms with van der Waals surface area (Å²) in [6, 6.07) is 0. The largest absolute Gasteiger partial charge is 1.00 e. The van der Waals surface area contributed by atoms with Crippen molar-refractivity contribution in [1.29, 1.82) is 0 Å². The van der Waals surface area contributed by atoms with E-state index in [9.17, 15) is 8.76 Å². The summed E-state index contributed by atoms with van der Waals surface area (Å²) in [7, 11) is 0. The van der Waals surface area contributed by atoms with Gasteiger partial charge < -0.3 is 4.55 Å². The minimum atomic E-state index is -1.85. The molecule has 0 aliphatic heterocycles. The van der Waals surface area contributed by atoms with Gasteiger partial charge >= 0.3 is 29.6 Å². The zero-order chi connectivity index (χ0) is 6.57. The van der Waals surface area contributed by atoms with E-state index in [4.69, 9.17) is 0 Å². The second-order valence-corrected chi connectivity index (χ2v) is 2.89. The van der Waals surface area contributed by atoms with Gasteiger partial charge in [-0.15, -0.1) is 0 Å². The van der Waals surface area contributed by atoms with Crippen LogP contribution in [-0.2, 0) is 11.1 Å². The fraction of sp³-hybridized carbons (Fsp3) is 1.00. The Bertz CT molecular complexity index is 83.0. The Balaban J connectivity index is 0. The van der Waals surface area contributed by atoms with Crippen molar-refractivity contribution in [3.8, 4) is 0 Å². The van der Waals surface area contributed by atoms with Crippen LogP contribution in [0.5, 0.6) is 0 Å². The molecule has 1 unspecified atom stereocenters. The molecule has 0 aromatic carbocycles. The third-order valence-electron chi connectivity index (χ3n) is 1.18. The fourth-order valence-electron chi connectivity index (χ4n) is 0.561. The summed E-state index contributed by atoms with van der Waals surface area (Å²) in [4.78, 5) is 0. The Kier molecular flexibility index (Phi) is 10.2. The first-order valence-electron chi connectivity index (χ1n) is 2.80. The zero-order valence-corrected chi connectivity index (χ0v) is 9.03. The maximum atomic E-state index is 10.2. The molecular weight excluding hydrogens is 147 g/mol. The van der Waals surface area contributed by atoms with Gasteiger partial charge in [0.05, 0.1) is 0 Å². The number of hydrogen-bond acceptors (Lipinski definition) is 2. The minimum Gasteiger partial charge on any atom is -0.772 e. The van der Waals surface area contributed by atoms with Crippen molar-refractivity contribution < 1.29 is 38.3 Å². The minimum absolute atomic E-state index is 0. The van der Waals surface area contributed by atoms with Gasteiger partial charge in [-0.25, -0.2) is 0 Å². The predicted octanol–water partition coefficient (Wildman–Crippen LogP) is -1.94. The van der Waals surface area contributed by atoms with Gasteiger partial charge in [-0.05, 0) is 12.8 Å². The molecule has 1 atom stereocenters. The smallest absolute Gasteiger partial charge is 0.772 e. The van der Waals surface area contributed by atoms with Gasteiger partial charge in [0, 0.05) is 5.25 Å². The first-order valence-corrected chi connectivity index (χ1v) is 3.94. The molecule has 0 saturated heterocycles. The van der Waals surface area contributed by atoms with Crippen molar-refractivity contribution in [3.05, 3.63) is 0 Å². The fourth-order valence-corrected chi connectivity index (χ4v) is 1.11. The third kappa shape index (κ3) is 5.55. The van der Waals surface area contributed by atoms with Crippen LogP contribution < -0.4 is 29.6 Å². The van der Waals surface area contributed by atoms with Crippen molar-refractivity contribution in [1.82, 2.24) is 0 Å². The van der Waals surface area contributed by atoms with E-state index in [0.717, 1.165) is 12.8 Å². The van der Waals surface area contributed by atoms with E-state index in [2.05, 4.69) is 0 Å². The molecule has 0 aromatic rings. The summed E-state index contributed by atoms with van der Waals surface area (Å²) in [6.07, 6.45) is 1.46. The van der Waals surface area contributed by atoms with Crippen molar-refractivity contribution in [2.75, 3.05) is 0 Å². The molecule has 0 spiro atoms. The second-order valence-electron chi connectivity index (χ2n) is 1.70. The predicted molar refractivity (Wildman–Crippen MR) is 33.3 cm³/mol. The molecule has 0 amide bonds. The summed E-state index contributed by atoms with van der Waals surface area (Å²) < 4.78 is 20.3. The number of hydrogen-bond donors (Lipinski definition) is 0. The third-order valence-corrected chi connectivity index (χ3v) is 2.39. The standard InChI is InChI=1S/C5H12O2S.Na/c1-3-5(4-2)8(6)7;/h5H,3-4H2,1-2H3,(H,6,7);/q;+1/p-1. The van der Waals surface area contributed by atoms with Crippen molar-refractivity contribution in [3.63, 3.8) is 0 Å². The molecule has 4 heteroatoms. The Morgan fingerprint density at radius 1 is 1.44 bits per heavy atom. The molecule has 0 aliphatic carbocycles. The van der Waals surface area contributed by atoms with Crippen LogP contribution in [0.25, 0.3) is 0 Å². The van der Waals surface area contributed by atoms with Gasteiger partial charge in [0.25, 0.3) is 0 Å². The van der Waals surface area contributed by atoms with Crippen LogP contribution >= 0.6 is 0 Å². The van der Waals surface area contributed by atoms with Crippen molar-refractivity contribution in [2.24, 2.45) is 0 Å². The topological polar surface area (TPSA) is 40.1 Å². The normalized spacial score (nSPS) is 12.9. The van der Waals surface area contributed by atoms with Gasteiger partial charge in [-0.1, -0.05) is 24.9 Å². The van der Waals surface area contributed by atoms with E-state index in [0.29, 0.717) is 0 Å². The molecule has 0 N–H and O–H groups in total.